The fourth-order valence-electron chi connectivity index (χ4n) is 5.23. The highest BCUT2D eigenvalue weighted by molar-refractivity contribution is 6.32. The van der Waals surface area contributed by atoms with Crippen molar-refractivity contribution < 1.29 is 22.7 Å². The van der Waals surface area contributed by atoms with E-state index >= 15 is 0 Å². The molecule has 0 saturated carbocycles. The summed E-state index contributed by atoms with van der Waals surface area (Å²) in [7, 11) is 1.38. The van der Waals surface area contributed by atoms with Crippen LogP contribution in [0.25, 0.3) is 0 Å². The van der Waals surface area contributed by atoms with Gasteiger partial charge in [0.05, 0.1) is 24.1 Å². The summed E-state index contributed by atoms with van der Waals surface area (Å²) in [4.78, 5) is 13.9. The Kier molecular flexibility index (Phi) is 11.2. The number of carbonyl (C=O) groups is 1. The maximum Gasteiger partial charge on any atom is 0.417 e. The smallest absolute Gasteiger partial charge is 0.417 e. The first-order valence-electron chi connectivity index (χ1n) is 14.1. The fraction of sp³-hybridized carbons (Fsp3) is 0.286. The Morgan fingerprint density at radius 3 is 2.07 bits per heavy atom. The Bertz CT molecular complexity index is 1390. The van der Waals surface area contributed by atoms with Crippen molar-refractivity contribution in [1.82, 2.24) is 4.90 Å². The SMILES string of the molecule is COC(=O)Cc1cccc(CCCCN(Cc2cccc(C(F)(F)F)c2Cl)CC(c2ccccc2)c2ccccc2)c1. The van der Waals surface area contributed by atoms with Gasteiger partial charge < -0.3 is 4.74 Å². The molecule has 0 unspecified atom stereocenters. The van der Waals surface area contributed by atoms with Gasteiger partial charge in [-0.05, 0) is 59.7 Å². The molecule has 0 heterocycles. The second kappa shape index (κ2) is 15.0. The highest BCUT2D eigenvalue weighted by atomic mass is 35.5. The molecule has 0 aliphatic heterocycles. The van der Waals surface area contributed by atoms with E-state index in [0.29, 0.717) is 25.2 Å². The predicted molar refractivity (Wildman–Crippen MR) is 162 cm³/mol. The number of halogens is 4. The topological polar surface area (TPSA) is 29.5 Å². The molecule has 4 rings (SSSR count). The largest absolute Gasteiger partial charge is 0.469 e. The number of hydrogen-bond acceptors (Lipinski definition) is 3. The molecule has 3 nitrogen and oxygen atoms in total. The van der Waals surface area contributed by atoms with Crippen LogP contribution >= 0.6 is 11.6 Å². The second-order valence-corrected chi connectivity index (χ2v) is 10.8. The predicted octanol–water partition coefficient (Wildman–Crippen LogP) is 8.73. The Hall–Kier alpha value is -3.61. The van der Waals surface area contributed by atoms with Gasteiger partial charge in [0.15, 0.2) is 0 Å². The van der Waals surface area contributed by atoms with Crippen molar-refractivity contribution in [2.24, 2.45) is 0 Å². The summed E-state index contributed by atoms with van der Waals surface area (Å²) in [6.45, 7) is 1.60. The van der Waals surface area contributed by atoms with Gasteiger partial charge in [0, 0.05) is 19.0 Å². The first-order valence-corrected chi connectivity index (χ1v) is 14.4. The molecule has 0 aliphatic rings. The van der Waals surface area contributed by atoms with E-state index in [2.05, 4.69) is 29.2 Å². The van der Waals surface area contributed by atoms with E-state index in [-0.39, 0.29) is 23.3 Å². The third-order valence-corrected chi connectivity index (χ3v) is 7.83. The minimum absolute atomic E-state index is 0.0342. The van der Waals surface area contributed by atoms with Gasteiger partial charge in [-0.15, -0.1) is 0 Å². The molecule has 42 heavy (non-hydrogen) atoms. The number of alkyl halides is 3. The zero-order valence-electron chi connectivity index (χ0n) is 23.6. The van der Waals surface area contributed by atoms with E-state index in [1.807, 2.05) is 60.7 Å². The zero-order valence-corrected chi connectivity index (χ0v) is 24.4. The Balaban J connectivity index is 1.53. The fourth-order valence-corrected chi connectivity index (χ4v) is 5.52. The molecule has 0 atom stereocenters. The summed E-state index contributed by atoms with van der Waals surface area (Å²) in [6, 6.07) is 32.4. The van der Waals surface area contributed by atoms with Crippen LogP contribution < -0.4 is 0 Å². The number of ether oxygens (including phenoxy) is 1. The molecular weight excluding hydrogens is 559 g/mol. The average molecular weight is 594 g/mol. The normalized spacial score (nSPS) is 11.7. The molecule has 0 N–H and O–H groups in total. The lowest BCUT2D eigenvalue weighted by molar-refractivity contribution is -0.140. The molecule has 0 bridgehead atoms. The third kappa shape index (κ3) is 8.94. The van der Waals surface area contributed by atoms with Crippen LogP contribution in [-0.2, 0) is 35.1 Å². The van der Waals surface area contributed by atoms with E-state index in [4.69, 9.17) is 16.3 Å². The molecule has 0 amide bonds. The number of unbranched alkanes of at least 4 members (excludes halogenated alkanes) is 1. The van der Waals surface area contributed by atoms with Crippen molar-refractivity contribution in [3.8, 4) is 0 Å². The van der Waals surface area contributed by atoms with Gasteiger partial charge in [0.2, 0.25) is 0 Å². The molecule has 0 radical (unpaired) electrons. The van der Waals surface area contributed by atoms with E-state index < -0.39 is 11.7 Å². The summed E-state index contributed by atoms with van der Waals surface area (Å²) in [5.41, 5.74) is 3.99. The maximum absolute atomic E-state index is 13.6. The number of rotatable bonds is 13. The minimum Gasteiger partial charge on any atom is -0.469 e. The second-order valence-electron chi connectivity index (χ2n) is 10.4. The molecule has 0 saturated heterocycles. The molecule has 4 aromatic rings. The Morgan fingerprint density at radius 2 is 1.45 bits per heavy atom. The van der Waals surface area contributed by atoms with E-state index in [1.165, 1.54) is 13.2 Å². The van der Waals surface area contributed by atoms with Crippen LogP contribution in [0.4, 0.5) is 13.2 Å². The standard InChI is InChI=1S/C35H35ClF3NO2/c1-42-33(41)23-27-14-10-13-26(22-27)12-8-9-21-40(24-30-19-11-20-32(34(30)36)35(37,38)39)25-31(28-15-4-2-5-16-28)29-17-6-3-7-18-29/h2-7,10-11,13-20,22,31H,8-9,12,21,23-25H2,1H3. The number of esters is 1. The summed E-state index contributed by atoms with van der Waals surface area (Å²) >= 11 is 6.33. The van der Waals surface area contributed by atoms with Crippen LogP contribution in [0.1, 0.15) is 52.1 Å². The van der Waals surface area contributed by atoms with Gasteiger partial charge in [0.25, 0.3) is 0 Å². The van der Waals surface area contributed by atoms with Gasteiger partial charge in [-0.1, -0.05) is 109 Å². The van der Waals surface area contributed by atoms with E-state index in [1.54, 1.807) is 6.07 Å². The molecule has 0 aromatic heterocycles. The van der Waals surface area contributed by atoms with Crippen molar-refractivity contribution >= 4 is 17.6 Å². The van der Waals surface area contributed by atoms with Crippen molar-refractivity contribution in [2.75, 3.05) is 20.2 Å². The summed E-state index contributed by atoms with van der Waals surface area (Å²) in [5, 5.41) is -0.242. The first kappa shape index (κ1) is 31.3. The van der Waals surface area contributed by atoms with Crippen molar-refractivity contribution in [3.05, 3.63) is 142 Å². The van der Waals surface area contributed by atoms with Gasteiger partial charge in [-0.25, -0.2) is 0 Å². The Morgan fingerprint density at radius 1 is 0.833 bits per heavy atom. The van der Waals surface area contributed by atoms with Crippen LogP contribution in [0.3, 0.4) is 0 Å². The van der Waals surface area contributed by atoms with Crippen LogP contribution in [0.5, 0.6) is 0 Å². The highest BCUT2D eigenvalue weighted by Gasteiger charge is 2.34. The molecule has 4 aromatic carbocycles. The summed E-state index contributed by atoms with van der Waals surface area (Å²) in [6.07, 6.45) is -1.73. The third-order valence-electron chi connectivity index (χ3n) is 7.38. The summed E-state index contributed by atoms with van der Waals surface area (Å²) < 4.78 is 45.7. The van der Waals surface area contributed by atoms with Gasteiger partial charge in [-0.2, -0.15) is 13.2 Å². The Labute approximate surface area is 250 Å². The number of methoxy groups -OCH3 is 1. The van der Waals surface area contributed by atoms with E-state index in [9.17, 15) is 18.0 Å². The molecule has 220 valence electrons. The van der Waals surface area contributed by atoms with Crippen molar-refractivity contribution in [3.63, 3.8) is 0 Å². The molecule has 7 heteroatoms. The highest BCUT2D eigenvalue weighted by Crippen LogP contribution is 2.37. The lowest BCUT2D eigenvalue weighted by Crippen LogP contribution is -2.30. The zero-order chi connectivity index (χ0) is 30.0. The quantitative estimate of drug-likeness (QED) is 0.115. The lowest BCUT2D eigenvalue weighted by Gasteiger charge is -2.29. The van der Waals surface area contributed by atoms with Gasteiger partial charge in [-0.3, -0.25) is 9.69 Å². The number of hydrogen-bond donors (Lipinski definition) is 0. The molecule has 0 fully saturated rings. The van der Waals surface area contributed by atoms with Crippen molar-refractivity contribution in [2.45, 2.75) is 44.3 Å². The van der Waals surface area contributed by atoms with Crippen molar-refractivity contribution in [1.29, 1.82) is 0 Å². The number of carbonyl (C=O) groups excluding carboxylic acids is 1. The average Bonchev–Trinajstić information content (AvgIpc) is 2.99. The lowest BCUT2D eigenvalue weighted by atomic mass is 9.90. The summed E-state index contributed by atoms with van der Waals surface area (Å²) in [5.74, 6) is -0.241. The first-order chi connectivity index (χ1) is 20.2. The maximum atomic E-state index is 13.6. The minimum atomic E-state index is -4.52. The van der Waals surface area contributed by atoms with Crippen LogP contribution in [-0.4, -0.2) is 31.1 Å². The van der Waals surface area contributed by atoms with Gasteiger partial charge in [0.1, 0.15) is 0 Å². The van der Waals surface area contributed by atoms with Crippen LogP contribution in [0, 0.1) is 0 Å². The number of nitrogens with zero attached hydrogens (tertiary/aromatic N) is 1. The molecule has 0 aliphatic carbocycles. The number of benzene rings is 4. The monoisotopic (exact) mass is 593 g/mol. The van der Waals surface area contributed by atoms with Crippen LogP contribution in [0.15, 0.2) is 103 Å². The van der Waals surface area contributed by atoms with Gasteiger partial charge >= 0.3 is 12.1 Å². The molecule has 0 spiro atoms. The van der Waals surface area contributed by atoms with Crippen LogP contribution in [0.2, 0.25) is 5.02 Å². The molecular formula is C35H35ClF3NO2. The number of aryl methyl sites for hydroxylation is 1. The van der Waals surface area contributed by atoms with E-state index in [0.717, 1.165) is 47.6 Å².